The van der Waals surface area contributed by atoms with Gasteiger partial charge in [0.2, 0.25) is 0 Å². The normalized spacial score (nSPS) is 17.8. The van der Waals surface area contributed by atoms with Crippen molar-refractivity contribution >= 4 is 11.7 Å². The fourth-order valence-electron chi connectivity index (χ4n) is 3.74. The molecule has 2 aromatic rings. The first-order valence-electron chi connectivity index (χ1n) is 9.43. The number of amides is 2. The molecule has 8 nitrogen and oxygen atoms in total. The molecule has 0 radical (unpaired) electrons. The van der Waals surface area contributed by atoms with Crippen molar-refractivity contribution in [2.75, 3.05) is 25.5 Å². The van der Waals surface area contributed by atoms with Crippen LogP contribution in [0.1, 0.15) is 43.5 Å². The van der Waals surface area contributed by atoms with Gasteiger partial charge in [0.25, 0.3) is 0 Å². The summed E-state index contributed by atoms with van der Waals surface area (Å²) in [6, 6.07) is 7.56. The molecular weight excluding hydrogens is 346 g/mol. The average molecular weight is 371 g/mol. The number of para-hydroxylation sites is 2. The van der Waals surface area contributed by atoms with E-state index in [1.54, 1.807) is 14.2 Å². The van der Waals surface area contributed by atoms with Crippen molar-refractivity contribution in [3.63, 3.8) is 0 Å². The van der Waals surface area contributed by atoms with Crippen LogP contribution in [0, 0.1) is 0 Å². The van der Waals surface area contributed by atoms with Gasteiger partial charge in [-0.1, -0.05) is 12.1 Å². The van der Waals surface area contributed by atoms with Crippen LogP contribution in [-0.4, -0.2) is 45.5 Å². The third-order valence-corrected chi connectivity index (χ3v) is 5.39. The van der Waals surface area contributed by atoms with Crippen LogP contribution in [0.4, 0.5) is 10.5 Å². The van der Waals surface area contributed by atoms with Gasteiger partial charge in [-0.05, 0) is 37.8 Å². The van der Waals surface area contributed by atoms with E-state index in [0.29, 0.717) is 30.6 Å². The first-order chi connectivity index (χ1) is 13.1. The molecule has 0 bridgehead atoms. The number of methoxy groups -OCH3 is 1. The molecule has 1 aliphatic heterocycles. The minimum absolute atomic E-state index is 0.0242. The summed E-state index contributed by atoms with van der Waals surface area (Å²) in [4.78, 5) is 26.7. The molecule has 1 N–H and O–H groups in total. The average Bonchev–Trinajstić information content (AvgIpc) is 3.48. The van der Waals surface area contributed by atoms with E-state index in [-0.39, 0.29) is 17.6 Å². The highest BCUT2D eigenvalue weighted by Crippen LogP contribution is 2.37. The van der Waals surface area contributed by atoms with Gasteiger partial charge >= 0.3 is 11.7 Å². The van der Waals surface area contributed by atoms with Crippen LogP contribution >= 0.6 is 0 Å². The molecule has 2 fully saturated rings. The van der Waals surface area contributed by atoms with Gasteiger partial charge in [-0.25, -0.2) is 14.3 Å². The van der Waals surface area contributed by atoms with Crippen molar-refractivity contribution in [2.24, 2.45) is 7.05 Å². The molecule has 2 aliphatic rings. The molecular formula is C19H25N5O3. The maximum atomic E-state index is 12.6. The Morgan fingerprint density at radius 2 is 1.89 bits per heavy atom. The highest BCUT2D eigenvalue weighted by Gasteiger charge is 2.34. The topological polar surface area (TPSA) is 81.4 Å². The van der Waals surface area contributed by atoms with Gasteiger partial charge in [-0.2, -0.15) is 5.10 Å². The second kappa shape index (κ2) is 7.09. The Bertz CT molecular complexity index is 891. The summed E-state index contributed by atoms with van der Waals surface area (Å²) in [5.74, 6) is 1.74. The number of piperidine rings is 1. The number of carbonyl (C=O) groups is 1. The molecule has 1 saturated carbocycles. The lowest BCUT2D eigenvalue weighted by Crippen LogP contribution is -2.41. The standard InChI is InChI=1S/C19H25N5O3/c1-22-19(26)24(14-7-8-14)17(21-22)13-9-11-23(12-10-13)18(25)20-15-5-3-4-6-16(15)27-2/h3-6,13-14H,7-12H2,1-2H3,(H,20,25). The molecule has 144 valence electrons. The Morgan fingerprint density at radius 1 is 1.19 bits per heavy atom. The van der Waals surface area contributed by atoms with Crippen molar-refractivity contribution < 1.29 is 9.53 Å². The number of ether oxygens (including phenoxy) is 1. The fourth-order valence-corrected chi connectivity index (χ4v) is 3.74. The van der Waals surface area contributed by atoms with Gasteiger partial charge in [-0.15, -0.1) is 0 Å². The number of rotatable bonds is 4. The maximum Gasteiger partial charge on any atom is 0.345 e. The highest BCUT2D eigenvalue weighted by atomic mass is 16.5. The molecule has 1 aromatic carbocycles. The molecule has 8 heteroatoms. The lowest BCUT2D eigenvalue weighted by Gasteiger charge is -2.31. The lowest BCUT2D eigenvalue weighted by atomic mass is 9.96. The lowest BCUT2D eigenvalue weighted by molar-refractivity contribution is 0.192. The Balaban J connectivity index is 1.41. The Kier molecular flexibility index (Phi) is 4.63. The number of hydrogen-bond donors (Lipinski definition) is 1. The minimum Gasteiger partial charge on any atom is -0.495 e. The van der Waals surface area contributed by atoms with E-state index >= 15 is 0 Å². The number of likely N-dealkylation sites (tertiary alicyclic amines) is 1. The smallest absolute Gasteiger partial charge is 0.345 e. The summed E-state index contributed by atoms with van der Waals surface area (Å²) < 4.78 is 8.60. The van der Waals surface area contributed by atoms with E-state index in [1.165, 1.54) is 4.68 Å². The number of anilines is 1. The van der Waals surface area contributed by atoms with Gasteiger partial charge in [0, 0.05) is 32.1 Å². The van der Waals surface area contributed by atoms with Gasteiger partial charge in [0.05, 0.1) is 12.8 Å². The van der Waals surface area contributed by atoms with E-state index in [9.17, 15) is 9.59 Å². The monoisotopic (exact) mass is 371 g/mol. The Hall–Kier alpha value is -2.77. The Labute approximate surface area is 157 Å². The molecule has 27 heavy (non-hydrogen) atoms. The third kappa shape index (κ3) is 3.43. The maximum absolute atomic E-state index is 12.6. The van der Waals surface area contributed by atoms with Crippen LogP contribution in [0.25, 0.3) is 0 Å². The molecule has 0 spiro atoms. The summed E-state index contributed by atoms with van der Waals surface area (Å²) in [6.07, 6.45) is 3.72. The molecule has 1 saturated heterocycles. The third-order valence-electron chi connectivity index (χ3n) is 5.39. The highest BCUT2D eigenvalue weighted by molar-refractivity contribution is 5.91. The number of urea groups is 1. The number of nitrogens with zero attached hydrogens (tertiary/aromatic N) is 4. The summed E-state index contributed by atoms with van der Waals surface area (Å²) in [5.41, 5.74) is 0.642. The summed E-state index contributed by atoms with van der Waals surface area (Å²) in [7, 11) is 3.29. The van der Waals surface area contributed by atoms with Crippen molar-refractivity contribution in [3.05, 3.63) is 40.6 Å². The zero-order valence-electron chi connectivity index (χ0n) is 15.7. The zero-order chi connectivity index (χ0) is 19.0. The van der Waals surface area contributed by atoms with Crippen molar-refractivity contribution in [1.29, 1.82) is 0 Å². The van der Waals surface area contributed by atoms with Gasteiger partial charge in [0.1, 0.15) is 11.6 Å². The first-order valence-corrected chi connectivity index (χ1v) is 9.43. The van der Waals surface area contributed by atoms with E-state index in [1.807, 2.05) is 33.7 Å². The van der Waals surface area contributed by atoms with Crippen molar-refractivity contribution in [2.45, 2.75) is 37.6 Å². The second-order valence-electron chi connectivity index (χ2n) is 7.26. The van der Waals surface area contributed by atoms with Crippen LogP contribution < -0.4 is 15.7 Å². The van der Waals surface area contributed by atoms with Crippen LogP contribution in [0.2, 0.25) is 0 Å². The van der Waals surface area contributed by atoms with Crippen LogP contribution in [0.15, 0.2) is 29.1 Å². The molecule has 0 unspecified atom stereocenters. The van der Waals surface area contributed by atoms with Gasteiger partial charge < -0.3 is 15.0 Å². The molecule has 1 aliphatic carbocycles. The number of carbonyl (C=O) groups excluding carboxylic acids is 1. The number of aryl methyl sites for hydroxylation is 1. The van der Waals surface area contributed by atoms with E-state index in [0.717, 1.165) is 31.5 Å². The predicted octanol–water partition coefficient (Wildman–Crippen LogP) is 2.34. The number of benzene rings is 1. The second-order valence-corrected chi connectivity index (χ2v) is 7.26. The van der Waals surface area contributed by atoms with E-state index < -0.39 is 0 Å². The number of aromatic nitrogens is 3. The van der Waals surface area contributed by atoms with E-state index in [4.69, 9.17) is 4.74 Å². The van der Waals surface area contributed by atoms with Gasteiger partial charge in [-0.3, -0.25) is 4.57 Å². The quantitative estimate of drug-likeness (QED) is 0.894. The van der Waals surface area contributed by atoms with Crippen LogP contribution in [0.3, 0.4) is 0 Å². The first kappa shape index (κ1) is 17.6. The molecule has 4 rings (SSSR count). The van der Waals surface area contributed by atoms with Crippen LogP contribution in [0.5, 0.6) is 5.75 Å². The zero-order valence-corrected chi connectivity index (χ0v) is 15.7. The van der Waals surface area contributed by atoms with Gasteiger partial charge in [0.15, 0.2) is 0 Å². The predicted molar refractivity (Wildman–Crippen MR) is 101 cm³/mol. The Morgan fingerprint density at radius 3 is 2.56 bits per heavy atom. The number of hydrogen-bond acceptors (Lipinski definition) is 4. The summed E-state index contributed by atoms with van der Waals surface area (Å²) in [6.45, 7) is 1.28. The largest absolute Gasteiger partial charge is 0.495 e. The summed E-state index contributed by atoms with van der Waals surface area (Å²) >= 11 is 0. The molecule has 1 aromatic heterocycles. The fraction of sp³-hybridized carbons (Fsp3) is 0.526. The summed E-state index contributed by atoms with van der Waals surface area (Å²) in [5, 5.41) is 7.41. The van der Waals surface area contributed by atoms with Crippen LogP contribution in [-0.2, 0) is 7.05 Å². The van der Waals surface area contributed by atoms with E-state index in [2.05, 4.69) is 10.4 Å². The van der Waals surface area contributed by atoms with Crippen molar-refractivity contribution in [3.8, 4) is 5.75 Å². The minimum atomic E-state index is -0.126. The molecule has 2 amide bonds. The molecule has 0 atom stereocenters. The molecule has 2 heterocycles. The SMILES string of the molecule is COc1ccccc1NC(=O)N1CCC(c2nn(C)c(=O)n2C2CC2)CC1. The van der Waals surface area contributed by atoms with Crippen molar-refractivity contribution in [1.82, 2.24) is 19.2 Å². The number of nitrogens with one attached hydrogen (secondary N) is 1.